The van der Waals surface area contributed by atoms with Crippen molar-refractivity contribution in [2.24, 2.45) is 4.99 Å². The molecule has 3 heteroatoms. The van der Waals surface area contributed by atoms with Gasteiger partial charge in [-0.2, -0.15) is 0 Å². The van der Waals surface area contributed by atoms with E-state index < -0.39 is 0 Å². The summed E-state index contributed by atoms with van der Waals surface area (Å²) in [5, 5.41) is 0. The predicted octanol–water partition coefficient (Wildman–Crippen LogP) is 4.84. The first-order valence-electron chi connectivity index (χ1n) is 6.99. The van der Waals surface area contributed by atoms with Gasteiger partial charge < -0.3 is 4.74 Å². The third-order valence-electron chi connectivity index (χ3n) is 2.87. The molecule has 112 valence electrons. The molecule has 0 radical (unpaired) electrons. The smallest absolute Gasteiger partial charge is 0.123 e. The Kier molecular flexibility index (Phi) is 7.16. The first-order valence-corrected chi connectivity index (χ1v) is 6.99. The molecule has 0 saturated heterocycles. The zero-order chi connectivity index (χ0) is 15.7. The highest BCUT2D eigenvalue weighted by Gasteiger charge is 2.03. The average molecular weight is 287 g/mol. The minimum absolute atomic E-state index is 0.242. The van der Waals surface area contributed by atoms with E-state index in [2.05, 4.69) is 18.2 Å². The van der Waals surface area contributed by atoms with Gasteiger partial charge in [-0.05, 0) is 43.7 Å². The van der Waals surface area contributed by atoms with Crippen LogP contribution >= 0.6 is 0 Å². The second-order valence-electron chi connectivity index (χ2n) is 4.54. The van der Waals surface area contributed by atoms with Crippen LogP contribution in [-0.2, 0) is 11.2 Å². The Morgan fingerprint density at radius 2 is 2.00 bits per heavy atom. The van der Waals surface area contributed by atoms with Gasteiger partial charge in [0.25, 0.3) is 0 Å². The van der Waals surface area contributed by atoms with Crippen molar-refractivity contribution < 1.29 is 9.13 Å². The van der Waals surface area contributed by atoms with Crippen LogP contribution in [0.5, 0.6) is 0 Å². The molecule has 1 aromatic carbocycles. The van der Waals surface area contributed by atoms with Crippen molar-refractivity contribution in [1.82, 2.24) is 0 Å². The summed E-state index contributed by atoms with van der Waals surface area (Å²) in [5.74, 6) is 0.625. The molecule has 0 aliphatic heterocycles. The number of rotatable bonds is 8. The molecule has 0 heterocycles. The molecular formula is C18H22FNO. The van der Waals surface area contributed by atoms with Gasteiger partial charge in [0.2, 0.25) is 0 Å². The SMILES string of the molecule is C=CC(C/C(=C/C)OCC)=NC(=C)Cc1ccc(F)cc1. The minimum Gasteiger partial charge on any atom is -0.498 e. The van der Waals surface area contributed by atoms with Crippen molar-refractivity contribution in [3.63, 3.8) is 0 Å². The van der Waals surface area contributed by atoms with Gasteiger partial charge in [-0.3, -0.25) is 4.99 Å². The fourth-order valence-electron chi connectivity index (χ4n) is 1.84. The summed E-state index contributed by atoms with van der Waals surface area (Å²) < 4.78 is 18.4. The van der Waals surface area contributed by atoms with Crippen LogP contribution in [-0.4, -0.2) is 12.3 Å². The largest absolute Gasteiger partial charge is 0.498 e. The van der Waals surface area contributed by atoms with Gasteiger partial charge in [-0.25, -0.2) is 4.39 Å². The minimum atomic E-state index is -0.242. The number of halogens is 1. The highest BCUT2D eigenvalue weighted by molar-refractivity contribution is 5.96. The number of ether oxygens (including phenoxy) is 1. The van der Waals surface area contributed by atoms with Crippen LogP contribution in [0, 0.1) is 5.82 Å². The summed E-state index contributed by atoms with van der Waals surface area (Å²) in [4.78, 5) is 4.47. The molecule has 0 aliphatic carbocycles. The molecule has 0 unspecified atom stereocenters. The topological polar surface area (TPSA) is 21.6 Å². The van der Waals surface area contributed by atoms with E-state index in [0.29, 0.717) is 25.1 Å². The maximum Gasteiger partial charge on any atom is 0.123 e. The molecule has 0 aliphatic rings. The van der Waals surface area contributed by atoms with E-state index in [4.69, 9.17) is 4.74 Å². The van der Waals surface area contributed by atoms with Crippen LogP contribution < -0.4 is 0 Å². The van der Waals surface area contributed by atoms with Crippen LogP contribution in [0.1, 0.15) is 25.8 Å². The summed E-state index contributed by atoms with van der Waals surface area (Å²) in [5.41, 5.74) is 2.50. The Morgan fingerprint density at radius 3 is 2.52 bits per heavy atom. The number of allylic oxidation sites excluding steroid dienone is 4. The number of aliphatic imine (C=N–C) groups is 1. The number of nitrogens with zero attached hydrogens (tertiary/aromatic N) is 1. The summed E-state index contributed by atoms with van der Waals surface area (Å²) in [6.07, 6.45) is 4.80. The summed E-state index contributed by atoms with van der Waals surface area (Å²) in [6, 6.07) is 6.35. The molecule has 0 aromatic heterocycles. The Labute approximate surface area is 126 Å². The van der Waals surface area contributed by atoms with Crippen molar-refractivity contribution in [2.45, 2.75) is 26.7 Å². The fraction of sp³-hybridized carbons (Fsp3) is 0.278. The van der Waals surface area contributed by atoms with Crippen molar-refractivity contribution in [3.8, 4) is 0 Å². The second-order valence-corrected chi connectivity index (χ2v) is 4.54. The van der Waals surface area contributed by atoms with Crippen molar-refractivity contribution in [2.75, 3.05) is 6.61 Å². The lowest BCUT2D eigenvalue weighted by Gasteiger charge is -2.09. The summed E-state index contributed by atoms with van der Waals surface area (Å²) >= 11 is 0. The lowest BCUT2D eigenvalue weighted by atomic mass is 10.1. The quantitative estimate of drug-likeness (QED) is 0.495. The molecule has 0 spiro atoms. The Balaban J connectivity index is 2.71. The molecule has 2 nitrogen and oxygen atoms in total. The van der Waals surface area contributed by atoms with E-state index in [1.807, 2.05) is 19.9 Å². The molecule has 1 aromatic rings. The van der Waals surface area contributed by atoms with Gasteiger partial charge in [0, 0.05) is 24.3 Å². The van der Waals surface area contributed by atoms with Gasteiger partial charge >= 0.3 is 0 Å². The van der Waals surface area contributed by atoms with Gasteiger partial charge in [-0.1, -0.05) is 25.3 Å². The van der Waals surface area contributed by atoms with Crippen molar-refractivity contribution in [3.05, 3.63) is 72.4 Å². The maximum atomic E-state index is 12.9. The van der Waals surface area contributed by atoms with E-state index in [9.17, 15) is 4.39 Å². The third kappa shape index (κ3) is 6.21. The Bertz CT molecular complexity index is 541. The van der Waals surface area contributed by atoms with Gasteiger partial charge in [0.05, 0.1) is 12.4 Å². The Hall–Kier alpha value is -2.16. The van der Waals surface area contributed by atoms with E-state index in [1.165, 1.54) is 12.1 Å². The summed E-state index contributed by atoms with van der Waals surface area (Å²) in [7, 11) is 0. The first-order chi connectivity index (χ1) is 10.1. The summed E-state index contributed by atoms with van der Waals surface area (Å²) in [6.45, 7) is 12.2. The fourth-order valence-corrected chi connectivity index (χ4v) is 1.84. The Morgan fingerprint density at radius 1 is 1.33 bits per heavy atom. The van der Waals surface area contributed by atoms with E-state index >= 15 is 0 Å². The normalized spacial score (nSPS) is 12.1. The molecular weight excluding hydrogens is 265 g/mol. The second kappa shape index (κ2) is 8.90. The molecule has 0 fully saturated rings. The van der Waals surface area contributed by atoms with E-state index in [0.717, 1.165) is 17.0 Å². The predicted molar refractivity (Wildman–Crippen MR) is 86.9 cm³/mol. The molecule has 0 saturated carbocycles. The molecule has 0 bridgehead atoms. The van der Waals surface area contributed by atoms with Gasteiger partial charge in [-0.15, -0.1) is 0 Å². The molecule has 0 N–H and O–H groups in total. The van der Waals surface area contributed by atoms with Crippen molar-refractivity contribution in [1.29, 1.82) is 0 Å². The molecule has 21 heavy (non-hydrogen) atoms. The zero-order valence-electron chi connectivity index (χ0n) is 12.7. The van der Waals surface area contributed by atoms with Crippen LogP contribution in [0.2, 0.25) is 0 Å². The van der Waals surface area contributed by atoms with E-state index in [1.54, 1.807) is 18.2 Å². The van der Waals surface area contributed by atoms with Crippen LogP contribution in [0.25, 0.3) is 0 Å². The molecule has 0 amide bonds. The van der Waals surface area contributed by atoms with Crippen molar-refractivity contribution >= 4 is 5.71 Å². The van der Waals surface area contributed by atoms with Crippen LogP contribution in [0.4, 0.5) is 4.39 Å². The third-order valence-corrected chi connectivity index (χ3v) is 2.87. The monoisotopic (exact) mass is 287 g/mol. The van der Waals surface area contributed by atoms with E-state index in [-0.39, 0.29) is 5.82 Å². The molecule has 0 atom stereocenters. The average Bonchev–Trinajstić information content (AvgIpc) is 2.48. The highest BCUT2D eigenvalue weighted by Crippen LogP contribution is 2.12. The zero-order valence-corrected chi connectivity index (χ0v) is 12.7. The number of hydrogen-bond acceptors (Lipinski definition) is 2. The number of hydrogen-bond donors (Lipinski definition) is 0. The van der Waals surface area contributed by atoms with Crippen LogP contribution in [0.3, 0.4) is 0 Å². The maximum absolute atomic E-state index is 12.9. The van der Waals surface area contributed by atoms with Gasteiger partial charge in [0.15, 0.2) is 0 Å². The number of benzene rings is 1. The standard InChI is InChI=1S/C18H22FNO/c1-5-17(13-18(6-2)21-7-3)20-14(4)12-15-8-10-16(19)11-9-15/h5-6,8-11H,1,4,7,12-13H2,2-3H3/b18-6-,20-17?. The lowest BCUT2D eigenvalue weighted by molar-refractivity contribution is 0.226. The highest BCUT2D eigenvalue weighted by atomic mass is 19.1. The van der Waals surface area contributed by atoms with Gasteiger partial charge in [0.1, 0.15) is 5.82 Å². The lowest BCUT2D eigenvalue weighted by Crippen LogP contribution is -2.01. The first kappa shape index (κ1) is 16.9. The molecule has 1 rings (SSSR count). The van der Waals surface area contributed by atoms with Crippen LogP contribution in [0.15, 0.2) is 66.0 Å².